The van der Waals surface area contributed by atoms with Crippen LogP contribution in [0.3, 0.4) is 0 Å². The van der Waals surface area contributed by atoms with Gasteiger partial charge in [-0.3, -0.25) is 4.79 Å². The number of benzene rings is 2. The van der Waals surface area contributed by atoms with Crippen LogP contribution in [0.15, 0.2) is 62.9 Å². The van der Waals surface area contributed by atoms with Crippen LogP contribution in [0.25, 0.3) is 0 Å². The molecule has 0 saturated heterocycles. The zero-order chi connectivity index (χ0) is 26.2. The van der Waals surface area contributed by atoms with E-state index in [2.05, 4.69) is 26.1 Å². The lowest BCUT2D eigenvalue weighted by molar-refractivity contribution is -0.137. The number of nitrogens with zero attached hydrogens (tertiary/aromatic N) is 2. The number of aromatic nitrogens is 2. The van der Waals surface area contributed by atoms with E-state index in [0.29, 0.717) is 10.5 Å². The Hall–Kier alpha value is -2.93. The molecule has 1 aromatic heterocycles. The molecule has 186 valence electrons. The standard InChI is InChI=1S/C22H18BrF5N4O2S/c1-12-8-15(23)6-7-18(12)21(24,25)11-30-19(33)17-9-13(2)31-32-20(17)35(29,34)16-5-3-4-14(10-16)22(26,27)28/h3-10,29H,11H2,1-2H3,(H,30,33). The van der Waals surface area contributed by atoms with Gasteiger partial charge in [-0.1, -0.05) is 28.1 Å². The number of carbonyl (C=O) groups is 1. The third kappa shape index (κ3) is 5.84. The molecule has 35 heavy (non-hydrogen) atoms. The number of hydrogen-bond donors (Lipinski definition) is 2. The number of halogens is 6. The minimum Gasteiger partial charge on any atom is -0.346 e. The molecule has 0 spiro atoms. The molecule has 0 bridgehead atoms. The highest BCUT2D eigenvalue weighted by Gasteiger charge is 2.35. The van der Waals surface area contributed by atoms with E-state index in [4.69, 9.17) is 4.78 Å². The summed E-state index contributed by atoms with van der Waals surface area (Å²) in [6.45, 7) is 1.77. The van der Waals surface area contributed by atoms with Crippen molar-refractivity contribution < 1.29 is 31.0 Å². The SMILES string of the molecule is Cc1cc(C(=O)NCC(F)(F)c2ccc(Br)cc2C)c(S(=N)(=O)c2cccc(C(F)(F)F)c2)nn1. The zero-order valence-corrected chi connectivity index (χ0v) is 20.6. The van der Waals surface area contributed by atoms with Crippen molar-refractivity contribution in [3.05, 3.63) is 81.0 Å². The van der Waals surface area contributed by atoms with Crippen molar-refractivity contribution in [3.63, 3.8) is 0 Å². The fourth-order valence-electron chi connectivity index (χ4n) is 3.23. The van der Waals surface area contributed by atoms with Crippen molar-refractivity contribution in [2.75, 3.05) is 6.54 Å². The lowest BCUT2D eigenvalue weighted by atomic mass is 10.0. The molecule has 1 unspecified atom stereocenters. The van der Waals surface area contributed by atoms with Crippen LogP contribution in [-0.4, -0.2) is 26.9 Å². The summed E-state index contributed by atoms with van der Waals surface area (Å²) in [7, 11) is -4.26. The summed E-state index contributed by atoms with van der Waals surface area (Å²) in [5, 5.41) is 8.59. The smallest absolute Gasteiger partial charge is 0.346 e. The van der Waals surface area contributed by atoms with Crippen LogP contribution < -0.4 is 5.32 Å². The molecule has 0 aliphatic heterocycles. The highest BCUT2D eigenvalue weighted by Crippen LogP contribution is 2.33. The zero-order valence-electron chi connectivity index (χ0n) is 18.2. The van der Waals surface area contributed by atoms with E-state index >= 15 is 0 Å². The maximum absolute atomic E-state index is 14.8. The van der Waals surface area contributed by atoms with E-state index in [9.17, 15) is 31.0 Å². The summed E-state index contributed by atoms with van der Waals surface area (Å²) in [6, 6.07) is 8.46. The second-order valence-electron chi connectivity index (χ2n) is 7.63. The molecule has 0 radical (unpaired) electrons. The number of aryl methyl sites for hydroxylation is 2. The third-order valence-corrected chi connectivity index (χ3v) is 7.20. The Bertz CT molecular complexity index is 1390. The maximum atomic E-state index is 14.8. The van der Waals surface area contributed by atoms with Gasteiger partial charge in [-0.25, -0.2) is 8.99 Å². The first kappa shape index (κ1) is 26.7. The Balaban J connectivity index is 1.96. The van der Waals surface area contributed by atoms with Crippen molar-refractivity contribution in [2.45, 2.75) is 35.9 Å². The van der Waals surface area contributed by atoms with E-state index in [1.807, 2.05) is 5.32 Å². The second-order valence-corrected chi connectivity index (χ2v) is 10.5. The molecule has 3 rings (SSSR count). The normalized spacial score (nSPS) is 13.8. The van der Waals surface area contributed by atoms with Crippen molar-refractivity contribution >= 4 is 31.6 Å². The lowest BCUT2D eigenvalue weighted by Crippen LogP contribution is -2.36. The number of carbonyl (C=O) groups excluding carboxylic acids is 1. The monoisotopic (exact) mass is 576 g/mol. The lowest BCUT2D eigenvalue weighted by Gasteiger charge is -2.20. The van der Waals surface area contributed by atoms with Crippen LogP contribution in [-0.2, 0) is 21.8 Å². The quantitative estimate of drug-likeness (QED) is 0.359. The summed E-state index contributed by atoms with van der Waals surface area (Å²) < 4.78 is 91.1. The Morgan fingerprint density at radius 3 is 2.37 bits per heavy atom. The largest absolute Gasteiger partial charge is 0.416 e. The first-order valence-corrected chi connectivity index (χ1v) is 12.2. The minimum atomic E-state index is -4.76. The summed E-state index contributed by atoms with van der Waals surface area (Å²) in [5.74, 6) is -4.60. The molecule has 1 atom stereocenters. The molecule has 6 nitrogen and oxygen atoms in total. The van der Waals surface area contributed by atoms with E-state index in [1.165, 1.54) is 32.0 Å². The van der Waals surface area contributed by atoms with Crippen LogP contribution in [0.5, 0.6) is 0 Å². The van der Waals surface area contributed by atoms with Gasteiger partial charge in [-0.15, -0.1) is 5.10 Å². The fraction of sp³-hybridized carbons (Fsp3) is 0.227. The van der Waals surface area contributed by atoms with Crippen LogP contribution in [0.2, 0.25) is 0 Å². The van der Waals surface area contributed by atoms with Crippen molar-refractivity contribution in [2.24, 2.45) is 0 Å². The highest BCUT2D eigenvalue weighted by atomic mass is 79.9. The average Bonchev–Trinajstić information content (AvgIpc) is 2.76. The number of rotatable bonds is 6. The average molecular weight is 577 g/mol. The maximum Gasteiger partial charge on any atom is 0.416 e. The number of hydrogen-bond acceptors (Lipinski definition) is 5. The molecule has 0 fully saturated rings. The van der Waals surface area contributed by atoms with Gasteiger partial charge in [-0.2, -0.15) is 27.1 Å². The molecular weight excluding hydrogens is 559 g/mol. The summed E-state index contributed by atoms with van der Waals surface area (Å²) in [4.78, 5) is 12.3. The molecule has 2 aromatic carbocycles. The Morgan fingerprint density at radius 1 is 1.06 bits per heavy atom. The van der Waals surface area contributed by atoms with E-state index in [0.717, 1.165) is 24.3 Å². The van der Waals surface area contributed by atoms with Gasteiger partial charge in [0.05, 0.1) is 28.3 Å². The Kier molecular flexibility index (Phi) is 7.32. The van der Waals surface area contributed by atoms with E-state index in [1.54, 1.807) is 0 Å². The Labute approximate surface area is 206 Å². The summed E-state index contributed by atoms with van der Waals surface area (Å²) in [6.07, 6.45) is -4.76. The predicted molar refractivity (Wildman–Crippen MR) is 121 cm³/mol. The number of nitrogens with one attached hydrogen (secondary N) is 2. The van der Waals surface area contributed by atoms with Gasteiger partial charge in [0.1, 0.15) is 9.73 Å². The molecule has 1 amide bonds. The van der Waals surface area contributed by atoms with Gasteiger partial charge in [0.25, 0.3) is 11.8 Å². The van der Waals surface area contributed by atoms with Crippen molar-refractivity contribution in [3.8, 4) is 0 Å². The van der Waals surface area contributed by atoms with E-state index < -0.39 is 55.3 Å². The molecule has 0 aliphatic rings. The molecular formula is C22H18BrF5N4O2S. The van der Waals surface area contributed by atoms with Gasteiger partial charge < -0.3 is 5.32 Å². The molecule has 13 heteroatoms. The van der Waals surface area contributed by atoms with Crippen LogP contribution in [0.4, 0.5) is 22.0 Å². The van der Waals surface area contributed by atoms with Crippen LogP contribution >= 0.6 is 15.9 Å². The van der Waals surface area contributed by atoms with Gasteiger partial charge in [0.15, 0.2) is 5.03 Å². The molecule has 2 N–H and O–H groups in total. The van der Waals surface area contributed by atoms with Gasteiger partial charge in [-0.05, 0) is 55.8 Å². The fourth-order valence-corrected chi connectivity index (χ4v) is 5.11. The van der Waals surface area contributed by atoms with Gasteiger partial charge >= 0.3 is 6.18 Å². The second kappa shape index (κ2) is 9.61. The minimum absolute atomic E-state index is 0.147. The summed E-state index contributed by atoms with van der Waals surface area (Å²) >= 11 is 3.19. The van der Waals surface area contributed by atoms with Gasteiger partial charge in [0.2, 0.25) is 0 Å². The topological polar surface area (TPSA) is 95.8 Å². The van der Waals surface area contributed by atoms with Crippen LogP contribution in [0.1, 0.15) is 32.7 Å². The third-order valence-electron chi connectivity index (χ3n) is 4.95. The molecule has 0 saturated carbocycles. The van der Waals surface area contributed by atoms with E-state index in [-0.39, 0.29) is 16.8 Å². The molecule has 3 aromatic rings. The molecule has 0 aliphatic carbocycles. The van der Waals surface area contributed by atoms with Crippen molar-refractivity contribution in [1.29, 1.82) is 4.78 Å². The number of alkyl halides is 5. The number of amides is 1. The van der Waals surface area contributed by atoms with Crippen molar-refractivity contribution in [1.82, 2.24) is 15.5 Å². The Morgan fingerprint density at radius 2 is 1.74 bits per heavy atom. The first-order chi connectivity index (χ1) is 16.1. The molecule has 1 heterocycles. The van der Waals surface area contributed by atoms with Gasteiger partial charge in [0, 0.05) is 10.0 Å². The highest BCUT2D eigenvalue weighted by molar-refractivity contribution is 9.10. The summed E-state index contributed by atoms with van der Waals surface area (Å²) in [5.41, 5.74) is -1.55. The first-order valence-electron chi connectivity index (χ1n) is 9.86. The predicted octanol–water partition coefficient (Wildman–Crippen LogP) is 5.86. The van der Waals surface area contributed by atoms with Crippen LogP contribution in [0, 0.1) is 18.6 Å².